The van der Waals surface area contributed by atoms with Crippen molar-refractivity contribution in [3.8, 4) is 11.7 Å². The Kier molecular flexibility index (Phi) is 2.89. The maximum atomic E-state index is 14.4. The minimum Gasteiger partial charge on any atom is -0.381 e. The number of hydrogen-bond acceptors (Lipinski definition) is 7. The van der Waals surface area contributed by atoms with Crippen LogP contribution in [0.5, 0.6) is 0 Å². The molecule has 0 N–H and O–H groups in total. The maximum Gasteiger partial charge on any atom is 0.296 e. The standard InChI is InChI=1S/C17H12FN7O2/c18-17-19-7-12-24(17)11-4-2-1-3-10(11)14-21-22-15(25(12)14)16-20-13(23-27-16)9-5-6-26-8-9/h1-4,7,9H,5-6,8H2. The summed E-state index contributed by atoms with van der Waals surface area (Å²) >= 11 is 0. The van der Waals surface area contributed by atoms with Gasteiger partial charge in [-0.3, -0.25) is 8.80 Å². The van der Waals surface area contributed by atoms with E-state index in [0.717, 1.165) is 11.8 Å². The largest absolute Gasteiger partial charge is 0.381 e. The fourth-order valence-electron chi connectivity index (χ4n) is 3.60. The van der Waals surface area contributed by atoms with Crippen molar-refractivity contribution in [2.45, 2.75) is 12.3 Å². The summed E-state index contributed by atoms with van der Waals surface area (Å²) in [4.78, 5) is 8.29. The van der Waals surface area contributed by atoms with Gasteiger partial charge in [0.05, 0.1) is 18.3 Å². The first kappa shape index (κ1) is 14.7. The number of imidazole rings is 1. The lowest BCUT2D eigenvalue weighted by Crippen LogP contribution is -2.01. The van der Waals surface area contributed by atoms with Crippen molar-refractivity contribution in [3.63, 3.8) is 0 Å². The van der Waals surface area contributed by atoms with E-state index in [4.69, 9.17) is 9.26 Å². The number of aromatic nitrogens is 7. The number of fused-ring (bicyclic) bond motifs is 6. The van der Waals surface area contributed by atoms with Gasteiger partial charge in [-0.05, 0) is 18.6 Å². The summed E-state index contributed by atoms with van der Waals surface area (Å²) in [6.07, 6.45) is 1.67. The van der Waals surface area contributed by atoms with Gasteiger partial charge in [-0.1, -0.05) is 17.3 Å². The summed E-state index contributed by atoms with van der Waals surface area (Å²) in [5.41, 5.74) is 1.70. The third-order valence-corrected chi connectivity index (χ3v) is 4.91. The Balaban J connectivity index is 1.65. The summed E-state index contributed by atoms with van der Waals surface area (Å²) in [7, 11) is 0. The topological polar surface area (TPSA) is 95.6 Å². The van der Waals surface area contributed by atoms with Crippen LogP contribution in [0.15, 0.2) is 35.0 Å². The SMILES string of the molecule is Fc1ncc2n1c1ccccc1c1nnc(-c3nc(C4CCOC4)no3)n12. The van der Waals surface area contributed by atoms with Crippen molar-refractivity contribution < 1.29 is 13.7 Å². The van der Waals surface area contributed by atoms with Gasteiger partial charge >= 0.3 is 0 Å². The van der Waals surface area contributed by atoms with Crippen LogP contribution in [0.3, 0.4) is 0 Å². The molecule has 0 radical (unpaired) electrons. The molecule has 1 aromatic carbocycles. The quantitative estimate of drug-likeness (QED) is 0.473. The molecule has 9 nitrogen and oxygen atoms in total. The normalized spacial score (nSPS) is 17.6. The van der Waals surface area contributed by atoms with Crippen LogP contribution in [0.4, 0.5) is 4.39 Å². The molecule has 4 aromatic heterocycles. The summed E-state index contributed by atoms with van der Waals surface area (Å²) in [5, 5.41) is 13.3. The monoisotopic (exact) mass is 365 g/mol. The van der Waals surface area contributed by atoms with Crippen LogP contribution in [0, 0.1) is 6.08 Å². The van der Waals surface area contributed by atoms with Gasteiger partial charge in [-0.25, -0.2) is 4.98 Å². The molecule has 134 valence electrons. The Morgan fingerprint density at radius 2 is 2.07 bits per heavy atom. The summed E-state index contributed by atoms with van der Waals surface area (Å²) in [6, 6.07) is 7.37. The van der Waals surface area contributed by atoms with E-state index in [1.807, 2.05) is 24.3 Å². The maximum absolute atomic E-state index is 14.4. The van der Waals surface area contributed by atoms with E-state index < -0.39 is 6.08 Å². The highest BCUT2D eigenvalue weighted by molar-refractivity contribution is 5.94. The van der Waals surface area contributed by atoms with Crippen molar-refractivity contribution in [1.82, 2.24) is 34.1 Å². The molecule has 1 saturated heterocycles. The van der Waals surface area contributed by atoms with Gasteiger partial charge in [0.15, 0.2) is 11.5 Å². The van der Waals surface area contributed by atoms with Gasteiger partial charge in [0.2, 0.25) is 5.82 Å². The van der Waals surface area contributed by atoms with Crippen molar-refractivity contribution in [2.75, 3.05) is 13.2 Å². The second kappa shape index (κ2) is 5.30. The van der Waals surface area contributed by atoms with Crippen LogP contribution in [0.1, 0.15) is 18.2 Å². The van der Waals surface area contributed by atoms with Crippen LogP contribution < -0.4 is 0 Å². The van der Waals surface area contributed by atoms with Crippen molar-refractivity contribution >= 4 is 22.2 Å². The predicted molar refractivity (Wildman–Crippen MR) is 90.7 cm³/mol. The molecule has 5 heterocycles. The number of halogens is 1. The Labute approximate surface area is 150 Å². The first-order valence-corrected chi connectivity index (χ1v) is 8.52. The predicted octanol–water partition coefficient (Wildman–Crippen LogP) is 2.22. The van der Waals surface area contributed by atoms with Crippen LogP contribution in [-0.4, -0.2) is 47.3 Å². The average molecular weight is 365 g/mol. The van der Waals surface area contributed by atoms with E-state index in [1.165, 1.54) is 10.6 Å². The molecule has 6 rings (SSSR count). The zero-order valence-corrected chi connectivity index (χ0v) is 13.9. The summed E-state index contributed by atoms with van der Waals surface area (Å²) in [5.74, 6) is 1.26. The Bertz CT molecular complexity index is 1320. The minimum atomic E-state index is -0.614. The lowest BCUT2D eigenvalue weighted by molar-refractivity contribution is 0.192. The van der Waals surface area contributed by atoms with Crippen LogP contribution in [-0.2, 0) is 4.74 Å². The number of rotatable bonds is 2. The number of benzene rings is 1. The smallest absolute Gasteiger partial charge is 0.296 e. The van der Waals surface area contributed by atoms with Gasteiger partial charge in [0.25, 0.3) is 12.0 Å². The van der Waals surface area contributed by atoms with E-state index in [-0.39, 0.29) is 11.8 Å². The molecule has 10 heteroatoms. The minimum absolute atomic E-state index is 0.106. The molecule has 1 fully saturated rings. The molecule has 0 amide bonds. The second-order valence-corrected chi connectivity index (χ2v) is 6.44. The fourth-order valence-corrected chi connectivity index (χ4v) is 3.60. The molecule has 1 aliphatic heterocycles. The molecular weight excluding hydrogens is 353 g/mol. The molecule has 0 bridgehead atoms. The number of hydrogen-bond donors (Lipinski definition) is 0. The molecule has 0 aliphatic carbocycles. The van der Waals surface area contributed by atoms with Crippen LogP contribution in [0.2, 0.25) is 0 Å². The zero-order chi connectivity index (χ0) is 18.0. The second-order valence-electron chi connectivity index (χ2n) is 6.44. The lowest BCUT2D eigenvalue weighted by Gasteiger charge is -2.06. The Morgan fingerprint density at radius 3 is 2.96 bits per heavy atom. The molecule has 0 spiro atoms. The van der Waals surface area contributed by atoms with E-state index in [2.05, 4.69) is 25.3 Å². The van der Waals surface area contributed by atoms with Gasteiger partial charge in [0.1, 0.15) is 5.65 Å². The number of nitrogens with zero attached hydrogens (tertiary/aromatic N) is 7. The number of para-hydroxylation sites is 1. The molecular formula is C17H12FN7O2. The molecule has 0 saturated carbocycles. The van der Waals surface area contributed by atoms with Crippen molar-refractivity contribution in [3.05, 3.63) is 42.4 Å². The van der Waals surface area contributed by atoms with E-state index in [1.54, 1.807) is 4.40 Å². The average Bonchev–Trinajstić information content (AvgIpc) is 3.46. The summed E-state index contributed by atoms with van der Waals surface area (Å²) in [6.45, 7) is 1.26. The van der Waals surface area contributed by atoms with Crippen LogP contribution in [0.25, 0.3) is 33.9 Å². The van der Waals surface area contributed by atoms with Crippen molar-refractivity contribution in [1.29, 1.82) is 0 Å². The highest BCUT2D eigenvalue weighted by atomic mass is 19.1. The highest BCUT2D eigenvalue weighted by Gasteiger charge is 2.26. The zero-order valence-electron chi connectivity index (χ0n) is 13.9. The van der Waals surface area contributed by atoms with E-state index in [0.29, 0.717) is 41.7 Å². The summed E-state index contributed by atoms with van der Waals surface area (Å²) < 4.78 is 28.3. The lowest BCUT2D eigenvalue weighted by atomic mass is 10.1. The van der Waals surface area contributed by atoms with E-state index in [9.17, 15) is 4.39 Å². The molecule has 1 aliphatic rings. The molecule has 1 unspecified atom stereocenters. The molecule has 27 heavy (non-hydrogen) atoms. The third-order valence-electron chi connectivity index (χ3n) is 4.91. The first-order valence-electron chi connectivity index (χ1n) is 8.52. The Morgan fingerprint density at radius 1 is 1.15 bits per heavy atom. The van der Waals surface area contributed by atoms with Gasteiger partial charge < -0.3 is 9.26 Å². The number of ether oxygens (including phenoxy) is 1. The first-order chi connectivity index (χ1) is 13.3. The fraction of sp³-hybridized carbons (Fsp3) is 0.235. The van der Waals surface area contributed by atoms with Gasteiger partial charge in [-0.15, -0.1) is 10.2 Å². The van der Waals surface area contributed by atoms with Crippen molar-refractivity contribution in [2.24, 2.45) is 0 Å². The molecule has 5 aromatic rings. The van der Waals surface area contributed by atoms with Gasteiger partial charge in [0, 0.05) is 17.9 Å². The van der Waals surface area contributed by atoms with Gasteiger partial charge in [-0.2, -0.15) is 9.37 Å². The third kappa shape index (κ3) is 1.98. The van der Waals surface area contributed by atoms with Crippen LogP contribution >= 0.6 is 0 Å². The highest BCUT2D eigenvalue weighted by Crippen LogP contribution is 2.29. The molecule has 1 atom stereocenters. The Hall–Kier alpha value is -3.40. The van der Waals surface area contributed by atoms with E-state index >= 15 is 0 Å².